The van der Waals surface area contributed by atoms with Gasteiger partial charge >= 0.3 is 0 Å². The van der Waals surface area contributed by atoms with E-state index in [0.29, 0.717) is 13.0 Å². The minimum absolute atomic E-state index is 0.134. The number of benzene rings is 1. The van der Waals surface area contributed by atoms with Gasteiger partial charge < -0.3 is 10.6 Å². The zero-order valence-corrected chi connectivity index (χ0v) is 9.75. The molecule has 2 nitrogen and oxygen atoms in total. The summed E-state index contributed by atoms with van der Waals surface area (Å²) in [7, 11) is 2.03. The number of hydrogen-bond acceptors (Lipinski definition) is 2. The summed E-state index contributed by atoms with van der Waals surface area (Å²) in [6.07, 6.45) is 3.23. The molecule has 0 bridgehead atoms. The Kier molecular flexibility index (Phi) is 3.44. The number of hydrogen-bond donors (Lipinski definition) is 1. The van der Waals surface area contributed by atoms with Gasteiger partial charge in [0.05, 0.1) is 0 Å². The lowest BCUT2D eigenvalue weighted by atomic mass is 10.1. The van der Waals surface area contributed by atoms with Gasteiger partial charge in [0.15, 0.2) is 0 Å². The third-order valence-corrected chi connectivity index (χ3v) is 3.13. The predicted molar refractivity (Wildman–Crippen MR) is 65.2 cm³/mol. The minimum atomic E-state index is -0.134. The summed E-state index contributed by atoms with van der Waals surface area (Å²) in [6, 6.07) is 5.27. The van der Waals surface area contributed by atoms with Crippen LogP contribution in [-0.4, -0.2) is 20.1 Å². The van der Waals surface area contributed by atoms with E-state index in [0.717, 1.165) is 23.7 Å². The van der Waals surface area contributed by atoms with Gasteiger partial charge in [0, 0.05) is 24.8 Å². The second-order valence-corrected chi connectivity index (χ2v) is 4.60. The van der Waals surface area contributed by atoms with Gasteiger partial charge in [-0.1, -0.05) is 6.07 Å². The second-order valence-electron chi connectivity index (χ2n) is 4.60. The molecule has 1 aliphatic carbocycles. The summed E-state index contributed by atoms with van der Waals surface area (Å²) in [5.74, 6) is 0.671. The Bertz CT molecular complexity index is 361. The SMILES string of the molecule is CN(CC1CC1)c1cccc(F)c1CCN. The van der Waals surface area contributed by atoms with Crippen LogP contribution in [0.5, 0.6) is 0 Å². The molecule has 0 radical (unpaired) electrons. The zero-order chi connectivity index (χ0) is 11.5. The van der Waals surface area contributed by atoms with Crippen molar-refractivity contribution in [1.82, 2.24) is 0 Å². The van der Waals surface area contributed by atoms with Gasteiger partial charge in [-0.25, -0.2) is 4.39 Å². The van der Waals surface area contributed by atoms with Crippen molar-refractivity contribution >= 4 is 5.69 Å². The van der Waals surface area contributed by atoms with Crippen molar-refractivity contribution in [2.45, 2.75) is 19.3 Å². The quantitative estimate of drug-likeness (QED) is 0.827. The van der Waals surface area contributed by atoms with Crippen LogP contribution in [0.2, 0.25) is 0 Å². The van der Waals surface area contributed by atoms with Crippen LogP contribution in [0.1, 0.15) is 18.4 Å². The molecule has 0 aliphatic heterocycles. The molecule has 2 rings (SSSR count). The summed E-state index contributed by atoms with van der Waals surface area (Å²) >= 11 is 0. The lowest BCUT2D eigenvalue weighted by Gasteiger charge is -2.22. The number of anilines is 1. The molecule has 0 aromatic heterocycles. The van der Waals surface area contributed by atoms with E-state index < -0.39 is 0 Å². The van der Waals surface area contributed by atoms with Crippen molar-refractivity contribution < 1.29 is 4.39 Å². The van der Waals surface area contributed by atoms with Crippen molar-refractivity contribution in [1.29, 1.82) is 0 Å². The monoisotopic (exact) mass is 222 g/mol. The lowest BCUT2D eigenvalue weighted by molar-refractivity contribution is 0.608. The first kappa shape index (κ1) is 11.4. The van der Waals surface area contributed by atoms with Crippen molar-refractivity contribution in [2.24, 2.45) is 11.7 Å². The van der Waals surface area contributed by atoms with Gasteiger partial charge in [-0.15, -0.1) is 0 Å². The normalized spacial score (nSPS) is 15.2. The van der Waals surface area contributed by atoms with Gasteiger partial charge in [0.2, 0.25) is 0 Å². The van der Waals surface area contributed by atoms with E-state index in [-0.39, 0.29) is 5.82 Å². The first-order valence-corrected chi connectivity index (χ1v) is 5.91. The van der Waals surface area contributed by atoms with Gasteiger partial charge in [0.1, 0.15) is 5.82 Å². The highest BCUT2D eigenvalue weighted by Crippen LogP contribution is 2.32. The third-order valence-electron chi connectivity index (χ3n) is 3.13. The summed E-state index contributed by atoms with van der Waals surface area (Å²) < 4.78 is 13.7. The van der Waals surface area contributed by atoms with Crippen LogP contribution in [0.25, 0.3) is 0 Å². The standard InChI is InChI=1S/C13H19FN2/c1-16(9-10-5-6-10)13-4-2-3-12(14)11(13)7-8-15/h2-4,10H,5-9,15H2,1H3. The van der Waals surface area contributed by atoms with Gasteiger partial charge in [0.25, 0.3) is 0 Å². The van der Waals surface area contributed by atoms with E-state index in [2.05, 4.69) is 4.90 Å². The summed E-state index contributed by atoms with van der Waals surface area (Å²) in [4.78, 5) is 2.16. The Morgan fingerprint density at radius 3 is 2.81 bits per heavy atom. The van der Waals surface area contributed by atoms with E-state index in [1.807, 2.05) is 13.1 Å². The molecule has 3 heteroatoms. The molecule has 0 atom stereocenters. The van der Waals surface area contributed by atoms with Crippen molar-refractivity contribution in [3.8, 4) is 0 Å². The molecule has 0 unspecified atom stereocenters. The van der Waals surface area contributed by atoms with Crippen LogP contribution in [0, 0.1) is 11.7 Å². The van der Waals surface area contributed by atoms with Gasteiger partial charge in [-0.05, 0) is 43.9 Å². The fourth-order valence-corrected chi connectivity index (χ4v) is 2.08. The fourth-order valence-electron chi connectivity index (χ4n) is 2.08. The number of nitrogens with two attached hydrogens (primary N) is 1. The highest BCUT2D eigenvalue weighted by atomic mass is 19.1. The third kappa shape index (κ3) is 2.53. The Morgan fingerprint density at radius 1 is 1.44 bits per heavy atom. The molecule has 0 spiro atoms. The number of rotatable bonds is 5. The molecule has 1 saturated carbocycles. The molecule has 2 N–H and O–H groups in total. The highest BCUT2D eigenvalue weighted by molar-refractivity contribution is 5.54. The van der Waals surface area contributed by atoms with E-state index in [4.69, 9.17) is 5.73 Å². The zero-order valence-electron chi connectivity index (χ0n) is 9.75. The summed E-state index contributed by atoms with van der Waals surface area (Å²) in [6.45, 7) is 1.52. The Morgan fingerprint density at radius 2 is 2.19 bits per heavy atom. The average molecular weight is 222 g/mol. The van der Waals surface area contributed by atoms with E-state index >= 15 is 0 Å². The lowest BCUT2D eigenvalue weighted by Crippen LogP contribution is -2.22. The van der Waals surface area contributed by atoms with Crippen LogP contribution in [0.3, 0.4) is 0 Å². The Hall–Kier alpha value is -1.09. The maximum absolute atomic E-state index is 13.7. The first-order valence-electron chi connectivity index (χ1n) is 5.91. The summed E-state index contributed by atoms with van der Waals surface area (Å²) in [5, 5.41) is 0. The van der Waals surface area contributed by atoms with Crippen LogP contribution < -0.4 is 10.6 Å². The molecule has 16 heavy (non-hydrogen) atoms. The molecule has 0 heterocycles. The summed E-state index contributed by atoms with van der Waals surface area (Å²) in [5.41, 5.74) is 7.28. The molecule has 1 aliphatic rings. The maximum atomic E-state index is 13.7. The van der Waals surface area contributed by atoms with Gasteiger partial charge in [-0.3, -0.25) is 0 Å². The largest absolute Gasteiger partial charge is 0.374 e. The van der Waals surface area contributed by atoms with Crippen molar-refractivity contribution in [3.05, 3.63) is 29.6 Å². The van der Waals surface area contributed by atoms with Crippen LogP contribution in [0.15, 0.2) is 18.2 Å². The number of nitrogens with zero attached hydrogens (tertiary/aromatic N) is 1. The first-order chi connectivity index (χ1) is 7.72. The maximum Gasteiger partial charge on any atom is 0.128 e. The van der Waals surface area contributed by atoms with E-state index in [1.165, 1.54) is 18.9 Å². The molecule has 1 fully saturated rings. The van der Waals surface area contributed by atoms with E-state index in [9.17, 15) is 4.39 Å². The molecule has 1 aromatic rings. The number of halogens is 1. The van der Waals surface area contributed by atoms with Crippen LogP contribution >= 0.6 is 0 Å². The Balaban J connectivity index is 2.19. The van der Waals surface area contributed by atoms with E-state index in [1.54, 1.807) is 6.07 Å². The minimum Gasteiger partial charge on any atom is -0.374 e. The van der Waals surface area contributed by atoms with Crippen LogP contribution in [0.4, 0.5) is 10.1 Å². The Labute approximate surface area is 96.2 Å². The predicted octanol–water partition coefficient (Wildman–Crippen LogP) is 2.17. The topological polar surface area (TPSA) is 29.3 Å². The molecule has 0 amide bonds. The molecule has 1 aromatic carbocycles. The highest BCUT2D eigenvalue weighted by Gasteiger charge is 2.24. The molecular weight excluding hydrogens is 203 g/mol. The van der Waals surface area contributed by atoms with Gasteiger partial charge in [-0.2, -0.15) is 0 Å². The molecule has 0 saturated heterocycles. The van der Waals surface area contributed by atoms with Crippen LogP contribution in [-0.2, 0) is 6.42 Å². The average Bonchev–Trinajstić information content (AvgIpc) is 3.05. The van der Waals surface area contributed by atoms with Crippen molar-refractivity contribution in [3.63, 3.8) is 0 Å². The van der Waals surface area contributed by atoms with Crippen molar-refractivity contribution in [2.75, 3.05) is 25.0 Å². The second kappa shape index (κ2) is 4.83. The fraction of sp³-hybridized carbons (Fsp3) is 0.538. The molecular formula is C13H19FN2. The molecule has 88 valence electrons. The smallest absolute Gasteiger partial charge is 0.128 e.